The molecule has 0 aromatic heterocycles. The van der Waals surface area contributed by atoms with Gasteiger partial charge in [-0.3, -0.25) is 0 Å². The maximum atomic E-state index is 11.4. The second-order valence-electron chi connectivity index (χ2n) is 3.47. The molecule has 0 aliphatic carbocycles. The van der Waals surface area contributed by atoms with E-state index < -0.39 is 12.0 Å². The van der Waals surface area contributed by atoms with Crippen LogP contribution >= 0.6 is 0 Å². The van der Waals surface area contributed by atoms with Crippen LogP contribution in [0.2, 0.25) is 0 Å². The molecule has 0 unspecified atom stereocenters. The van der Waals surface area contributed by atoms with Gasteiger partial charge in [-0.1, -0.05) is 12.1 Å². The standard InChI is InChI=1S/C11H15N3O3/c1-7-3-2-4-8(9(7)10(15)16)14-11(17)13-6-5-12/h2-4H,5-6,12H2,1H3,(H,15,16)(H2,13,14,17). The van der Waals surface area contributed by atoms with Crippen molar-refractivity contribution in [3.63, 3.8) is 0 Å². The van der Waals surface area contributed by atoms with Gasteiger partial charge in [0.1, 0.15) is 0 Å². The molecular weight excluding hydrogens is 222 g/mol. The van der Waals surface area contributed by atoms with Gasteiger partial charge in [0.25, 0.3) is 0 Å². The summed E-state index contributed by atoms with van der Waals surface area (Å²) in [4.78, 5) is 22.4. The Morgan fingerprint density at radius 1 is 1.41 bits per heavy atom. The van der Waals surface area contributed by atoms with E-state index in [9.17, 15) is 9.59 Å². The van der Waals surface area contributed by atoms with Crippen molar-refractivity contribution >= 4 is 17.7 Å². The molecule has 0 bridgehead atoms. The highest BCUT2D eigenvalue weighted by Gasteiger charge is 2.14. The van der Waals surface area contributed by atoms with Gasteiger partial charge in [0, 0.05) is 13.1 Å². The van der Waals surface area contributed by atoms with Crippen LogP contribution in [0.4, 0.5) is 10.5 Å². The predicted molar refractivity (Wildman–Crippen MR) is 64.2 cm³/mol. The summed E-state index contributed by atoms with van der Waals surface area (Å²) in [5, 5.41) is 14.0. The van der Waals surface area contributed by atoms with Crippen LogP contribution in [-0.2, 0) is 0 Å². The number of carboxylic acid groups (broad SMARTS) is 1. The van der Waals surface area contributed by atoms with Crippen molar-refractivity contribution in [2.45, 2.75) is 6.92 Å². The van der Waals surface area contributed by atoms with Crippen LogP contribution in [0.3, 0.4) is 0 Å². The summed E-state index contributed by atoms with van der Waals surface area (Å²) in [5.41, 5.74) is 6.19. The molecule has 0 atom stereocenters. The highest BCUT2D eigenvalue weighted by atomic mass is 16.4. The van der Waals surface area contributed by atoms with Crippen LogP contribution in [0, 0.1) is 6.92 Å². The van der Waals surface area contributed by atoms with Crippen molar-refractivity contribution in [3.8, 4) is 0 Å². The minimum atomic E-state index is -1.07. The average Bonchev–Trinajstić information content (AvgIpc) is 2.25. The second kappa shape index (κ2) is 5.86. The Labute approximate surface area is 98.8 Å². The summed E-state index contributed by atoms with van der Waals surface area (Å²) in [5.74, 6) is -1.07. The van der Waals surface area contributed by atoms with Crippen LogP contribution in [0.15, 0.2) is 18.2 Å². The third-order valence-electron chi connectivity index (χ3n) is 2.16. The molecule has 0 spiro atoms. The van der Waals surface area contributed by atoms with Crippen molar-refractivity contribution in [2.75, 3.05) is 18.4 Å². The van der Waals surface area contributed by atoms with Gasteiger partial charge in [-0.05, 0) is 18.6 Å². The van der Waals surface area contributed by atoms with Crippen LogP contribution in [0.25, 0.3) is 0 Å². The quantitative estimate of drug-likeness (QED) is 0.620. The number of benzene rings is 1. The smallest absolute Gasteiger partial charge is 0.338 e. The molecule has 0 saturated carbocycles. The first-order valence-electron chi connectivity index (χ1n) is 5.14. The lowest BCUT2D eigenvalue weighted by Crippen LogP contribution is -2.33. The molecule has 92 valence electrons. The number of nitrogens with two attached hydrogens (primary N) is 1. The van der Waals surface area contributed by atoms with E-state index in [1.54, 1.807) is 25.1 Å². The lowest BCUT2D eigenvalue weighted by molar-refractivity contribution is 0.0697. The lowest BCUT2D eigenvalue weighted by atomic mass is 10.1. The monoisotopic (exact) mass is 237 g/mol. The zero-order chi connectivity index (χ0) is 12.8. The van der Waals surface area contributed by atoms with Crippen molar-refractivity contribution in [3.05, 3.63) is 29.3 Å². The number of anilines is 1. The third-order valence-corrected chi connectivity index (χ3v) is 2.16. The summed E-state index contributed by atoms with van der Waals surface area (Å²) < 4.78 is 0. The fourth-order valence-corrected chi connectivity index (χ4v) is 1.41. The van der Waals surface area contributed by atoms with Crippen molar-refractivity contribution < 1.29 is 14.7 Å². The zero-order valence-electron chi connectivity index (χ0n) is 9.49. The van der Waals surface area contributed by atoms with Crippen LogP contribution in [-0.4, -0.2) is 30.2 Å². The molecule has 0 aliphatic heterocycles. The summed E-state index contributed by atoms with van der Waals surface area (Å²) in [6.07, 6.45) is 0. The van der Waals surface area contributed by atoms with Crippen molar-refractivity contribution in [2.24, 2.45) is 5.73 Å². The number of urea groups is 1. The molecular formula is C11H15N3O3. The minimum Gasteiger partial charge on any atom is -0.478 e. The van der Waals surface area contributed by atoms with Gasteiger partial charge < -0.3 is 21.5 Å². The van der Waals surface area contributed by atoms with Gasteiger partial charge in [-0.15, -0.1) is 0 Å². The molecule has 1 aromatic carbocycles. The van der Waals surface area contributed by atoms with Gasteiger partial charge in [-0.25, -0.2) is 9.59 Å². The zero-order valence-corrected chi connectivity index (χ0v) is 9.49. The van der Waals surface area contributed by atoms with Crippen LogP contribution < -0.4 is 16.4 Å². The van der Waals surface area contributed by atoms with E-state index in [1.807, 2.05) is 0 Å². The van der Waals surface area contributed by atoms with E-state index in [0.29, 0.717) is 18.7 Å². The molecule has 2 amide bonds. The molecule has 6 nitrogen and oxygen atoms in total. The van der Waals surface area contributed by atoms with Crippen molar-refractivity contribution in [1.82, 2.24) is 5.32 Å². The first-order valence-corrected chi connectivity index (χ1v) is 5.14. The van der Waals surface area contributed by atoms with Gasteiger partial charge in [0.15, 0.2) is 0 Å². The Bertz CT molecular complexity index is 432. The Balaban J connectivity index is 2.87. The highest BCUT2D eigenvalue weighted by Crippen LogP contribution is 2.19. The molecule has 0 saturated heterocycles. The number of amides is 2. The van der Waals surface area contributed by atoms with E-state index in [2.05, 4.69) is 10.6 Å². The number of hydrogen-bond acceptors (Lipinski definition) is 3. The summed E-state index contributed by atoms with van der Waals surface area (Å²) in [6, 6.07) is 4.43. The number of rotatable bonds is 4. The first-order chi connectivity index (χ1) is 8.06. The van der Waals surface area contributed by atoms with Crippen LogP contribution in [0.1, 0.15) is 15.9 Å². The molecule has 0 aliphatic rings. The van der Waals surface area contributed by atoms with Crippen LogP contribution in [0.5, 0.6) is 0 Å². The fraction of sp³-hybridized carbons (Fsp3) is 0.273. The van der Waals surface area contributed by atoms with Gasteiger partial charge >= 0.3 is 12.0 Å². The molecule has 0 radical (unpaired) electrons. The number of aromatic carboxylic acids is 1. The molecule has 0 fully saturated rings. The summed E-state index contributed by atoms with van der Waals surface area (Å²) in [7, 11) is 0. The number of carboxylic acids is 1. The largest absolute Gasteiger partial charge is 0.478 e. The lowest BCUT2D eigenvalue weighted by Gasteiger charge is -2.11. The number of hydrogen-bond donors (Lipinski definition) is 4. The fourth-order valence-electron chi connectivity index (χ4n) is 1.41. The van der Waals surface area contributed by atoms with Gasteiger partial charge in [-0.2, -0.15) is 0 Å². The van der Waals surface area contributed by atoms with Gasteiger partial charge in [0.05, 0.1) is 11.3 Å². The maximum Gasteiger partial charge on any atom is 0.338 e. The molecule has 1 rings (SSSR count). The topological polar surface area (TPSA) is 104 Å². The SMILES string of the molecule is Cc1cccc(NC(=O)NCCN)c1C(=O)O. The molecule has 0 heterocycles. The molecule has 6 heteroatoms. The van der Waals surface area contributed by atoms with E-state index in [-0.39, 0.29) is 11.3 Å². The highest BCUT2D eigenvalue weighted by molar-refractivity contribution is 6.01. The normalized spacial score (nSPS) is 9.76. The maximum absolute atomic E-state index is 11.4. The van der Waals surface area contributed by atoms with E-state index in [4.69, 9.17) is 10.8 Å². The number of aryl methyl sites for hydroxylation is 1. The first kappa shape index (κ1) is 13.0. The van der Waals surface area contributed by atoms with E-state index in [0.717, 1.165) is 0 Å². The summed E-state index contributed by atoms with van der Waals surface area (Å²) >= 11 is 0. The minimum absolute atomic E-state index is 0.0930. The summed E-state index contributed by atoms with van der Waals surface area (Å²) in [6.45, 7) is 2.33. The predicted octanol–water partition coefficient (Wildman–Crippen LogP) is 0.773. The number of carbonyl (C=O) groups is 2. The Morgan fingerprint density at radius 2 is 2.12 bits per heavy atom. The Morgan fingerprint density at radius 3 is 2.71 bits per heavy atom. The number of carbonyl (C=O) groups excluding carboxylic acids is 1. The average molecular weight is 237 g/mol. The van der Waals surface area contributed by atoms with E-state index >= 15 is 0 Å². The van der Waals surface area contributed by atoms with Gasteiger partial charge in [0.2, 0.25) is 0 Å². The third kappa shape index (κ3) is 3.46. The molecule has 17 heavy (non-hydrogen) atoms. The molecule has 5 N–H and O–H groups in total. The van der Waals surface area contributed by atoms with Crippen molar-refractivity contribution in [1.29, 1.82) is 0 Å². The number of nitrogens with one attached hydrogen (secondary N) is 2. The molecule has 1 aromatic rings. The Hall–Kier alpha value is -2.08. The van der Waals surface area contributed by atoms with E-state index in [1.165, 1.54) is 0 Å². The Kier molecular flexibility index (Phi) is 4.47. The second-order valence-corrected chi connectivity index (χ2v) is 3.47.